The zero-order chi connectivity index (χ0) is 31.6. The average Bonchev–Trinajstić information content (AvgIpc) is 3.59. The minimum Gasteiger partial charge on any atom is -0.462 e. The van der Waals surface area contributed by atoms with Gasteiger partial charge in [-0.25, -0.2) is 9.59 Å². The number of fused-ring (bicyclic) bond motifs is 6. The number of allylic oxidation sites excluding steroid dienone is 4. The van der Waals surface area contributed by atoms with Crippen LogP contribution >= 0.6 is 0 Å². The van der Waals surface area contributed by atoms with Crippen molar-refractivity contribution in [2.45, 2.75) is 13.8 Å². The molecule has 0 aromatic heterocycles. The Hall–Kier alpha value is -6.02. The summed E-state index contributed by atoms with van der Waals surface area (Å²) in [5.41, 5.74) is 10.6. The van der Waals surface area contributed by atoms with Crippen LogP contribution in [-0.4, -0.2) is 48.0 Å². The normalized spacial score (nSPS) is 15.3. The zero-order valence-corrected chi connectivity index (χ0v) is 25.2. The number of benzene rings is 4. The smallest absolute Gasteiger partial charge is 0.338 e. The van der Waals surface area contributed by atoms with Crippen molar-refractivity contribution in [2.75, 3.05) is 13.2 Å². The predicted molar refractivity (Wildman–Crippen MR) is 180 cm³/mol. The topological polar surface area (TPSA) is 102 Å². The van der Waals surface area contributed by atoms with Gasteiger partial charge >= 0.3 is 11.9 Å². The highest BCUT2D eigenvalue weighted by Gasteiger charge is 2.31. The van der Waals surface area contributed by atoms with Crippen molar-refractivity contribution in [1.82, 2.24) is 0 Å². The first-order valence-corrected chi connectivity index (χ1v) is 15.1. The van der Waals surface area contributed by atoms with E-state index in [1.54, 1.807) is 26.0 Å². The fourth-order valence-corrected chi connectivity index (χ4v) is 5.96. The molecule has 4 aromatic rings. The van der Waals surface area contributed by atoms with Crippen molar-refractivity contribution in [1.29, 1.82) is 0 Å². The molecule has 0 atom stereocenters. The van der Waals surface area contributed by atoms with E-state index in [2.05, 4.69) is 20.4 Å². The van der Waals surface area contributed by atoms with Gasteiger partial charge in [0.25, 0.3) is 0 Å². The number of ether oxygens (including phenoxy) is 2. The van der Waals surface area contributed by atoms with E-state index >= 15 is 0 Å². The van der Waals surface area contributed by atoms with Gasteiger partial charge in [0.2, 0.25) is 0 Å². The van der Waals surface area contributed by atoms with E-state index < -0.39 is 0 Å². The van der Waals surface area contributed by atoms with Crippen LogP contribution in [0.25, 0.3) is 22.3 Å². The van der Waals surface area contributed by atoms with Gasteiger partial charge in [0.05, 0.1) is 35.8 Å². The largest absolute Gasteiger partial charge is 0.462 e. The Morgan fingerprint density at radius 2 is 0.848 bits per heavy atom. The van der Waals surface area contributed by atoms with Gasteiger partial charge in [0.1, 0.15) is 11.4 Å². The molecule has 8 heteroatoms. The molecule has 3 aliphatic carbocycles. The van der Waals surface area contributed by atoms with Crippen LogP contribution in [0.5, 0.6) is 0 Å². The van der Waals surface area contributed by atoms with Crippen LogP contribution in [-0.2, 0) is 9.47 Å². The third-order valence-electron chi connectivity index (χ3n) is 7.91. The van der Waals surface area contributed by atoms with Crippen molar-refractivity contribution in [2.24, 2.45) is 20.4 Å². The van der Waals surface area contributed by atoms with E-state index in [1.807, 2.05) is 97.1 Å². The molecular formula is C38H28N4O4. The monoisotopic (exact) mass is 604 g/mol. The molecule has 0 fully saturated rings. The van der Waals surface area contributed by atoms with Crippen molar-refractivity contribution in [3.05, 3.63) is 143 Å². The molecule has 0 aliphatic heterocycles. The maximum atomic E-state index is 12.7. The quantitative estimate of drug-likeness (QED) is 0.114. The van der Waals surface area contributed by atoms with Crippen LogP contribution in [0.15, 0.2) is 130 Å². The van der Waals surface area contributed by atoms with Gasteiger partial charge in [-0.1, -0.05) is 72.8 Å². The highest BCUT2D eigenvalue weighted by atomic mass is 16.5. The molecular weight excluding hydrogens is 576 g/mol. The lowest BCUT2D eigenvalue weighted by Crippen LogP contribution is -2.07. The summed E-state index contributed by atoms with van der Waals surface area (Å²) in [6.07, 6.45) is 7.31. The highest BCUT2D eigenvalue weighted by Crippen LogP contribution is 2.41. The number of hydrogen-bond acceptors (Lipinski definition) is 8. The molecule has 0 unspecified atom stereocenters. The second-order valence-corrected chi connectivity index (χ2v) is 10.6. The first kappa shape index (κ1) is 28.7. The molecule has 0 radical (unpaired) electrons. The van der Waals surface area contributed by atoms with Crippen LogP contribution in [0.1, 0.15) is 56.8 Å². The van der Waals surface area contributed by atoms with Crippen molar-refractivity contribution >= 4 is 34.8 Å². The number of carbonyl (C=O) groups excluding carboxylic acids is 2. The summed E-state index contributed by atoms with van der Waals surface area (Å²) in [6.45, 7) is 4.18. The van der Waals surface area contributed by atoms with Gasteiger partial charge < -0.3 is 9.47 Å². The molecule has 0 heterocycles. The van der Waals surface area contributed by atoms with Crippen LogP contribution in [0.3, 0.4) is 0 Å². The van der Waals surface area contributed by atoms with Crippen LogP contribution in [0, 0.1) is 0 Å². The van der Waals surface area contributed by atoms with Gasteiger partial charge in [-0.15, -0.1) is 10.2 Å². The second-order valence-electron chi connectivity index (χ2n) is 10.6. The molecule has 46 heavy (non-hydrogen) atoms. The van der Waals surface area contributed by atoms with Gasteiger partial charge in [0.15, 0.2) is 0 Å². The van der Waals surface area contributed by atoms with Gasteiger partial charge in [-0.3, -0.25) is 0 Å². The fraction of sp³-hybridized carbons (Fsp3) is 0.105. The molecule has 0 saturated heterocycles. The van der Waals surface area contributed by atoms with Crippen molar-refractivity contribution < 1.29 is 19.1 Å². The summed E-state index contributed by atoms with van der Waals surface area (Å²) in [4.78, 5) is 25.5. The maximum absolute atomic E-state index is 12.7. The third-order valence-corrected chi connectivity index (χ3v) is 7.91. The number of hydrogen-bond donors (Lipinski definition) is 0. The average molecular weight is 605 g/mol. The summed E-state index contributed by atoms with van der Waals surface area (Å²) >= 11 is 0. The Bertz CT molecular complexity index is 1950. The van der Waals surface area contributed by atoms with E-state index in [0.717, 1.165) is 44.5 Å². The number of esters is 2. The SMILES string of the molecule is CCOC(=O)c1cccc2c1-c1ccccc1/C2=N/N=C1C=CC(=N/N=C2\c3ccccc3-c3c(C(=O)OCC)cccc32)C=C1. The summed E-state index contributed by atoms with van der Waals surface area (Å²) < 4.78 is 10.6. The summed E-state index contributed by atoms with van der Waals surface area (Å²) in [7, 11) is 0. The Balaban J connectivity index is 1.19. The van der Waals surface area contributed by atoms with E-state index in [4.69, 9.17) is 9.47 Å². The lowest BCUT2D eigenvalue weighted by atomic mass is 9.99. The molecule has 0 amide bonds. The highest BCUT2D eigenvalue weighted by molar-refractivity contribution is 6.28. The lowest BCUT2D eigenvalue weighted by Gasteiger charge is -2.08. The summed E-state index contributed by atoms with van der Waals surface area (Å²) in [5.74, 6) is -0.724. The molecule has 0 spiro atoms. The predicted octanol–water partition coefficient (Wildman–Crippen LogP) is 7.21. The maximum Gasteiger partial charge on any atom is 0.338 e. The first-order chi connectivity index (χ1) is 22.6. The van der Waals surface area contributed by atoms with E-state index in [-0.39, 0.29) is 11.9 Å². The Morgan fingerprint density at radius 3 is 1.24 bits per heavy atom. The standard InChI is InChI=1S/C38H28N4O4/c1-3-45-37(43)31-17-9-15-29-33(31)25-11-5-7-13-27(25)35(29)41-39-23-19-21-24(22-20-23)40-42-36-28-14-8-6-12-26(28)34-30(36)16-10-18-32(34)38(44)46-4-2/h5-22H,3-4H2,1-2H3/b39-23?,40-24?,41-35-,42-36+. The summed E-state index contributed by atoms with van der Waals surface area (Å²) in [5, 5.41) is 18.3. The van der Waals surface area contributed by atoms with Crippen LogP contribution < -0.4 is 0 Å². The number of carbonyl (C=O) groups is 2. The lowest BCUT2D eigenvalue weighted by molar-refractivity contribution is 0.0517. The Morgan fingerprint density at radius 1 is 0.478 bits per heavy atom. The Kier molecular flexibility index (Phi) is 7.60. The fourth-order valence-electron chi connectivity index (χ4n) is 5.96. The first-order valence-electron chi connectivity index (χ1n) is 15.1. The van der Waals surface area contributed by atoms with Gasteiger partial charge in [-0.2, -0.15) is 10.2 Å². The molecule has 0 N–H and O–H groups in total. The zero-order valence-electron chi connectivity index (χ0n) is 25.2. The number of rotatable bonds is 6. The van der Waals surface area contributed by atoms with E-state index in [1.165, 1.54) is 0 Å². The van der Waals surface area contributed by atoms with E-state index in [9.17, 15) is 9.59 Å². The molecule has 0 saturated carbocycles. The van der Waals surface area contributed by atoms with E-state index in [0.29, 0.717) is 47.2 Å². The van der Waals surface area contributed by atoms with Crippen molar-refractivity contribution in [3.63, 3.8) is 0 Å². The molecule has 4 aromatic carbocycles. The van der Waals surface area contributed by atoms with Crippen molar-refractivity contribution in [3.8, 4) is 22.3 Å². The van der Waals surface area contributed by atoms with Gasteiger partial charge in [0, 0.05) is 33.4 Å². The van der Waals surface area contributed by atoms with Gasteiger partial charge in [-0.05, 0) is 61.4 Å². The molecule has 8 nitrogen and oxygen atoms in total. The van der Waals surface area contributed by atoms with Crippen LogP contribution in [0.2, 0.25) is 0 Å². The Labute approximate surface area is 265 Å². The number of nitrogens with zero attached hydrogens (tertiary/aromatic N) is 4. The second kappa shape index (κ2) is 12.2. The van der Waals surface area contributed by atoms with Crippen LogP contribution in [0.4, 0.5) is 0 Å². The molecule has 224 valence electrons. The molecule has 0 bridgehead atoms. The minimum absolute atomic E-state index is 0.298. The molecule has 7 rings (SSSR count). The minimum atomic E-state index is -0.362. The molecule has 3 aliphatic rings. The third kappa shape index (κ3) is 4.99. The summed E-state index contributed by atoms with van der Waals surface area (Å²) in [6, 6.07) is 26.8.